The number of rotatable bonds is 2. The van der Waals surface area contributed by atoms with Crippen molar-refractivity contribution in [2.24, 2.45) is 0 Å². The lowest BCUT2D eigenvalue weighted by molar-refractivity contribution is 0.112. The number of fused-ring (bicyclic) bond motifs is 1. The highest BCUT2D eigenvalue weighted by Gasteiger charge is 2.09. The fourth-order valence-electron chi connectivity index (χ4n) is 1.70. The lowest BCUT2D eigenvalue weighted by Crippen LogP contribution is -1.83. The quantitative estimate of drug-likeness (QED) is 0.712. The van der Waals surface area contributed by atoms with E-state index in [0.717, 1.165) is 23.8 Å². The summed E-state index contributed by atoms with van der Waals surface area (Å²) in [6.07, 6.45) is 3.24. The van der Waals surface area contributed by atoms with Crippen LogP contribution >= 0.6 is 0 Å². The molecule has 1 heterocycles. The van der Waals surface area contributed by atoms with Gasteiger partial charge in [0, 0.05) is 11.8 Å². The van der Waals surface area contributed by atoms with Gasteiger partial charge in [0.25, 0.3) is 0 Å². The number of hydrogen-bond acceptors (Lipinski definition) is 2. The lowest BCUT2D eigenvalue weighted by Gasteiger charge is -2.01. The molecule has 1 aromatic heterocycles. The summed E-state index contributed by atoms with van der Waals surface area (Å²) in [6.45, 7) is 2.03. The molecule has 0 aliphatic rings. The van der Waals surface area contributed by atoms with E-state index in [2.05, 4.69) is 4.98 Å². The fraction of sp³-hybridized carbons (Fsp3) is 0.182. The van der Waals surface area contributed by atoms with Crippen LogP contribution in [0.2, 0.25) is 0 Å². The van der Waals surface area contributed by atoms with E-state index in [9.17, 15) is 9.90 Å². The molecule has 3 nitrogen and oxygen atoms in total. The number of phenols is 1. The molecule has 1 aromatic carbocycles. The van der Waals surface area contributed by atoms with Crippen molar-refractivity contribution >= 4 is 17.2 Å². The normalized spacial score (nSPS) is 10.6. The highest BCUT2D eigenvalue weighted by molar-refractivity contribution is 6.01. The smallest absolute Gasteiger partial charge is 0.152 e. The first-order chi connectivity index (χ1) is 6.77. The minimum atomic E-state index is 0.153. The maximum atomic E-state index is 10.7. The Morgan fingerprint density at radius 3 is 2.93 bits per heavy atom. The summed E-state index contributed by atoms with van der Waals surface area (Å²) >= 11 is 0. The van der Waals surface area contributed by atoms with Crippen molar-refractivity contribution in [3.63, 3.8) is 0 Å². The zero-order valence-electron chi connectivity index (χ0n) is 7.87. The third-order valence-corrected chi connectivity index (χ3v) is 2.44. The van der Waals surface area contributed by atoms with Gasteiger partial charge in [0.2, 0.25) is 0 Å². The molecule has 0 saturated carbocycles. The van der Waals surface area contributed by atoms with E-state index >= 15 is 0 Å². The number of hydrogen-bond donors (Lipinski definition) is 2. The number of aldehydes is 1. The van der Waals surface area contributed by atoms with Gasteiger partial charge in [-0.2, -0.15) is 0 Å². The Morgan fingerprint density at radius 2 is 2.29 bits per heavy atom. The van der Waals surface area contributed by atoms with Crippen LogP contribution in [0.25, 0.3) is 10.9 Å². The van der Waals surface area contributed by atoms with E-state index in [1.807, 2.05) is 13.0 Å². The molecular formula is C11H11NO2. The second-order valence-electron chi connectivity index (χ2n) is 3.21. The molecule has 0 bridgehead atoms. The number of aryl methyl sites for hydroxylation is 1. The molecule has 72 valence electrons. The summed E-state index contributed by atoms with van der Waals surface area (Å²) in [6, 6.07) is 3.49. The van der Waals surface area contributed by atoms with Crippen molar-refractivity contribution in [2.45, 2.75) is 13.3 Å². The highest BCUT2D eigenvalue weighted by atomic mass is 16.3. The van der Waals surface area contributed by atoms with Crippen LogP contribution in [0.3, 0.4) is 0 Å². The van der Waals surface area contributed by atoms with Crippen molar-refractivity contribution < 1.29 is 9.90 Å². The fourth-order valence-corrected chi connectivity index (χ4v) is 1.70. The van der Waals surface area contributed by atoms with E-state index in [0.29, 0.717) is 10.9 Å². The van der Waals surface area contributed by atoms with E-state index in [1.54, 1.807) is 12.3 Å². The van der Waals surface area contributed by atoms with Gasteiger partial charge in [-0.1, -0.05) is 13.0 Å². The van der Waals surface area contributed by atoms with Crippen molar-refractivity contribution in [1.29, 1.82) is 0 Å². The maximum Gasteiger partial charge on any atom is 0.152 e. The van der Waals surface area contributed by atoms with E-state index in [4.69, 9.17) is 0 Å². The first-order valence-corrected chi connectivity index (χ1v) is 4.55. The summed E-state index contributed by atoms with van der Waals surface area (Å²) in [5.41, 5.74) is 2.47. The number of carbonyl (C=O) groups excluding carboxylic acids is 1. The van der Waals surface area contributed by atoms with Crippen molar-refractivity contribution in [3.8, 4) is 5.75 Å². The van der Waals surface area contributed by atoms with Gasteiger partial charge in [0.15, 0.2) is 6.29 Å². The minimum absolute atomic E-state index is 0.153. The Bertz CT molecular complexity index is 485. The Hall–Kier alpha value is -1.77. The molecule has 0 spiro atoms. The number of carbonyl (C=O) groups is 1. The van der Waals surface area contributed by atoms with Crippen molar-refractivity contribution in [1.82, 2.24) is 4.98 Å². The van der Waals surface area contributed by atoms with Crippen LogP contribution in [0.15, 0.2) is 18.3 Å². The largest absolute Gasteiger partial charge is 0.507 e. The number of aromatic hydroxyl groups is 1. The molecule has 0 saturated heterocycles. The van der Waals surface area contributed by atoms with Gasteiger partial charge >= 0.3 is 0 Å². The molecular weight excluding hydrogens is 178 g/mol. The summed E-state index contributed by atoms with van der Waals surface area (Å²) in [7, 11) is 0. The first kappa shape index (κ1) is 8.81. The predicted octanol–water partition coefficient (Wildman–Crippen LogP) is 2.25. The Labute approximate surface area is 81.4 Å². The van der Waals surface area contributed by atoms with Crippen LogP contribution in [0.1, 0.15) is 22.8 Å². The number of phenolic OH excluding ortho intramolecular Hbond substituents is 1. The summed E-state index contributed by atoms with van der Waals surface area (Å²) in [5.74, 6) is 0.153. The molecule has 0 aliphatic carbocycles. The molecule has 2 rings (SSSR count). The number of H-pyrrole nitrogens is 1. The number of aromatic amines is 1. The average Bonchev–Trinajstić information content (AvgIpc) is 2.63. The Morgan fingerprint density at radius 1 is 1.50 bits per heavy atom. The molecule has 2 N–H and O–H groups in total. The monoisotopic (exact) mass is 189 g/mol. The van der Waals surface area contributed by atoms with Crippen LogP contribution in [-0.4, -0.2) is 16.4 Å². The summed E-state index contributed by atoms with van der Waals surface area (Å²) < 4.78 is 0. The van der Waals surface area contributed by atoms with Gasteiger partial charge in [-0.3, -0.25) is 4.79 Å². The van der Waals surface area contributed by atoms with E-state index < -0.39 is 0 Å². The molecule has 0 unspecified atom stereocenters. The molecule has 0 atom stereocenters. The van der Waals surface area contributed by atoms with Crippen molar-refractivity contribution in [2.75, 3.05) is 0 Å². The van der Waals surface area contributed by atoms with E-state index in [1.165, 1.54) is 0 Å². The maximum absolute atomic E-state index is 10.7. The second kappa shape index (κ2) is 3.18. The Kier molecular flexibility index (Phi) is 2.00. The highest BCUT2D eigenvalue weighted by Crippen LogP contribution is 2.29. The number of nitrogens with one attached hydrogen (secondary N) is 1. The third kappa shape index (κ3) is 1.09. The number of aromatic nitrogens is 1. The zero-order chi connectivity index (χ0) is 10.1. The van der Waals surface area contributed by atoms with Gasteiger partial charge in [0.1, 0.15) is 5.75 Å². The van der Waals surface area contributed by atoms with Crippen LogP contribution in [-0.2, 0) is 6.42 Å². The SMILES string of the molecule is CCc1ccc(O)c2c(C=O)c[nH]c12. The van der Waals surface area contributed by atoms with E-state index in [-0.39, 0.29) is 5.75 Å². The third-order valence-electron chi connectivity index (χ3n) is 2.44. The van der Waals surface area contributed by atoms with Crippen LogP contribution in [0.5, 0.6) is 5.75 Å². The zero-order valence-corrected chi connectivity index (χ0v) is 7.87. The topological polar surface area (TPSA) is 53.1 Å². The summed E-state index contributed by atoms with van der Waals surface area (Å²) in [4.78, 5) is 13.7. The molecule has 0 radical (unpaired) electrons. The average molecular weight is 189 g/mol. The second-order valence-corrected chi connectivity index (χ2v) is 3.21. The van der Waals surface area contributed by atoms with Gasteiger partial charge in [-0.15, -0.1) is 0 Å². The minimum Gasteiger partial charge on any atom is -0.507 e. The van der Waals surface area contributed by atoms with Crippen LogP contribution in [0, 0.1) is 0 Å². The van der Waals surface area contributed by atoms with Gasteiger partial charge < -0.3 is 10.1 Å². The van der Waals surface area contributed by atoms with Crippen LogP contribution in [0.4, 0.5) is 0 Å². The lowest BCUT2D eigenvalue weighted by atomic mass is 10.1. The summed E-state index contributed by atoms with van der Waals surface area (Å²) in [5, 5.41) is 10.2. The van der Waals surface area contributed by atoms with Crippen LogP contribution < -0.4 is 0 Å². The molecule has 14 heavy (non-hydrogen) atoms. The molecule has 2 aromatic rings. The predicted molar refractivity (Wildman–Crippen MR) is 54.7 cm³/mol. The Balaban J connectivity index is 2.86. The molecule has 0 aliphatic heterocycles. The molecule has 3 heteroatoms. The van der Waals surface area contributed by atoms with Crippen molar-refractivity contribution in [3.05, 3.63) is 29.5 Å². The first-order valence-electron chi connectivity index (χ1n) is 4.55. The molecule has 0 fully saturated rings. The number of benzene rings is 1. The van der Waals surface area contributed by atoms with Gasteiger partial charge in [0.05, 0.1) is 10.9 Å². The standard InChI is InChI=1S/C11H11NO2/c1-2-7-3-4-9(14)10-8(6-13)5-12-11(7)10/h3-6,12,14H,2H2,1H3. The van der Waals surface area contributed by atoms with Gasteiger partial charge in [-0.05, 0) is 18.1 Å². The van der Waals surface area contributed by atoms with Gasteiger partial charge in [-0.25, -0.2) is 0 Å². The molecule has 0 amide bonds.